The lowest BCUT2D eigenvalue weighted by atomic mass is 10.0. The Morgan fingerprint density at radius 1 is 1.50 bits per heavy atom. The van der Waals surface area contributed by atoms with E-state index >= 15 is 0 Å². The number of hydrogen-bond donors (Lipinski definition) is 1. The first-order valence-corrected chi connectivity index (χ1v) is 6.40. The number of esters is 1. The summed E-state index contributed by atoms with van der Waals surface area (Å²) >= 11 is 0. The molecule has 18 heavy (non-hydrogen) atoms. The van der Waals surface area contributed by atoms with Crippen LogP contribution in [0.1, 0.15) is 24.5 Å². The van der Waals surface area contributed by atoms with E-state index in [0.717, 1.165) is 25.2 Å². The van der Waals surface area contributed by atoms with E-state index in [1.54, 1.807) is 6.92 Å². The third kappa shape index (κ3) is 3.47. The van der Waals surface area contributed by atoms with Gasteiger partial charge in [0.05, 0.1) is 19.8 Å². The van der Waals surface area contributed by atoms with Crippen LogP contribution in [-0.2, 0) is 22.5 Å². The van der Waals surface area contributed by atoms with Crippen LogP contribution in [0.4, 0.5) is 0 Å². The highest BCUT2D eigenvalue weighted by molar-refractivity contribution is 5.71. The summed E-state index contributed by atoms with van der Waals surface area (Å²) in [6.45, 7) is 3.97. The Labute approximate surface area is 107 Å². The van der Waals surface area contributed by atoms with Crippen LogP contribution in [0.25, 0.3) is 0 Å². The summed E-state index contributed by atoms with van der Waals surface area (Å²) < 4.78 is 10.4. The first kappa shape index (κ1) is 12.9. The van der Waals surface area contributed by atoms with E-state index in [-0.39, 0.29) is 12.5 Å². The van der Waals surface area contributed by atoms with Gasteiger partial charge in [-0.05, 0) is 37.0 Å². The molecule has 0 saturated heterocycles. The zero-order valence-corrected chi connectivity index (χ0v) is 10.7. The van der Waals surface area contributed by atoms with Gasteiger partial charge in [-0.2, -0.15) is 0 Å². The van der Waals surface area contributed by atoms with Gasteiger partial charge in [0.1, 0.15) is 5.75 Å². The molecule has 4 nitrogen and oxygen atoms in total. The zero-order chi connectivity index (χ0) is 12.8. The van der Waals surface area contributed by atoms with Gasteiger partial charge in [0.25, 0.3) is 0 Å². The number of nitrogens with one attached hydrogen (secondary N) is 1. The molecule has 0 unspecified atom stereocenters. The molecular formula is C14H19NO3. The third-order valence-corrected chi connectivity index (χ3v) is 2.88. The van der Waals surface area contributed by atoms with E-state index in [4.69, 9.17) is 9.47 Å². The molecule has 1 aliphatic rings. The molecule has 0 atom stereocenters. The largest absolute Gasteiger partial charge is 0.493 e. The summed E-state index contributed by atoms with van der Waals surface area (Å²) in [4.78, 5) is 11.2. The maximum Gasteiger partial charge on any atom is 0.319 e. The van der Waals surface area contributed by atoms with Crippen molar-refractivity contribution >= 4 is 5.97 Å². The van der Waals surface area contributed by atoms with Crippen LogP contribution < -0.4 is 10.1 Å². The van der Waals surface area contributed by atoms with Crippen LogP contribution in [0.15, 0.2) is 18.2 Å². The van der Waals surface area contributed by atoms with Crippen LogP contribution in [-0.4, -0.2) is 25.7 Å². The van der Waals surface area contributed by atoms with Crippen molar-refractivity contribution in [2.24, 2.45) is 0 Å². The maximum absolute atomic E-state index is 11.2. The highest BCUT2D eigenvalue weighted by atomic mass is 16.5. The molecule has 4 heteroatoms. The molecule has 0 aliphatic carbocycles. The van der Waals surface area contributed by atoms with Crippen molar-refractivity contribution in [3.63, 3.8) is 0 Å². The van der Waals surface area contributed by atoms with Gasteiger partial charge >= 0.3 is 5.97 Å². The molecule has 0 spiro atoms. The fourth-order valence-corrected chi connectivity index (χ4v) is 2.04. The van der Waals surface area contributed by atoms with Gasteiger partial charge in [-0.15, -0.1) is 0 Å². The second kappa shape index (κ2) is 6.40. The molecule has 0 fully saturated rings. The molecule has 0 bridgehead atoms. The van der Waals surface area contributed by atoms with Gasteiger partial charge in [0.15, 0.2) is 0 Å². The Hall–Kier alpha value is -1.55. The number of benzene rings is 1. The summed E-state index contributed by atoms with van der Waals surface area (Å²) in [5, 5.41) is 3.08. The summed E-state index contributed by atoms with van der Waals surface area (Å²) in [7, 11) is 0. The summed E-state index contributed by atoms with van der Waals surface area (Å²) in [6, 6.07) is 6.19. The second-order valence-corrected chi connectivity index (χ2v) is 4.30. The van der Waals surface area contributed by atoms with Gasteiger partial charge in [-0.3, -0.25) is 4.79 Å². The monoisotopic (exact) mass is 249 g/mol. The minimum atomic E-state index is -0.209. The van der Waals surface area contributed by atoms with Crippen molar-refractivity contribution in [2.75, 3.05) is 19.8 Å². The average Bonchev–Trinajstić information content (AvgIpc) is 2.39. The van der Waals surface area contributed by atoms with Crippen LogP contribution in [0.3, 0.4) is 0 Å². The molecule has 2 rings (SSSR count). The Bertz CT molecular complexity index is 418. The highest BCUT2D eigenvalue weighted by Crippen LogP contribution is 2.25. The van der Waals surface area contributed by atoms with E-state index in [1.165, 1.54) is 11.1 Å². The normalized spacial score (nSPS) is 13.6. The lowest BCUT2D eigenvalue weighted by molar-refractivity contribution is -0.142. The molecule has 0 amide bonds. The Morgan fingerprint density at radius 2 is 2.39 bits per heavy atom. The number of rotatable bonds is 5. The summed E-state index contributed by atoms with van der Waals surface area (Å²) in [5.74, 6) is 0.786. The SMILES string of the molecule is CCOC(=O)CNCc1ccc2c(c1)CCCO2. The van der Waals surface area contributed by atoms with E-state index < -0.39 is 0 Å². The second-order valence-electron chi connectivity index (χ2n) is 4.30. The number of fused-ring (bicyclic) bond motifs is 1. The fourth-order valence-electron chi connectivity index (χ4n) is 2.04. The molecular weight excluding hydrogens is 230 g/mol. The minimum absolute atomic E-state index is 0.209. The topological polar surface area (TPSA) is 47.6 Å². The van der Waals surface area contributed by atoms with Gasteiger partial charge in [0, 0.05) is 6.54 Å². The Morgan fingerprint density at radius 3 is 3.22 bits per heavy atom. The molecule has 1 aliphatic heterocycles. The Kier molecular flexibility index (Phi) is 4.59. The molecule has 0 saturated carbocycles. The third-order valence-electron chi connectivity index (χ3n) is 2.88. The van der Waals surface area contributed by atoms with Gasteiger partial charge < -0.3 is 14.8 Å². The van der Waals surface area contributed by atoms with Gasteiger partial charge in [-0.1, -0.05) is 12.1 Å². The number of carbonyl (C=O) groups excluding carboxylic acids is 1. The van der Waals surface area contributed by atoms with Gasteiger partial charge in [-0.25, -0.2) is 0 Å². The molecule has 98 valence electrons. The standard InChI is InChI=1S/C14H19NO3/c1-2-17-14(16)10-15-9-11-5-6-13-12(8-11)4-3-7-18-13/h5-6,8,15H,2-4,7,9-10H2,1H3. The fraction of sp³-hybridized carbons (Fsp3) is 0.500. The molecule has 0 aromatic heterocycles. The molecule has 0 radical (unpaired) electrons. The lowest BCUT2D eigenvalue weighted by Gasteiger charge is -2.17. The van der Waals surface area contributed by atoms with Crippen molar-refractivity contribution in [3.05, 3.63) is 29.3 Å². The van der Waals surface area contributed by atoms with Crippen molar-refractivity contribution in [3.8, 4) is 5.75 Å². The molecule has 1 N–H and O–H groups in total. The molecule has 1 aromatic carbocycles. The van der Waals surface area contributed by atoms with Crippen molar-refractivity contribution in [1.29, 1.82) is 0 Å². The van der Waals surface area contributed by atoms with E-state index in [9.17, 15) is 4.79 Å². The van der Waals surface area contributed by atoms with Crippen molar-refractivity contribution in [2.45, 2.75) is 26.3 Å². The summed E-state index contributed by atoms with van der Waals surface area (Å²) in [6.07, 6.45) is 2.15. The first-order valence-electron chi connectivity index (χ1n) is 6.40. The molecule has 1 aromatic rings. The first-order chi connectivity index (χ1) is 8.79. The zero-order valence-electron chi connectivity index (χ0n) is 10.7. The van der Waals surface area contributed by atoms with Crippen LogP contribution in [0.2, 0.25) is 0 Å². The Balaban J connectivity index is 1.84. The number of ether oxygens (including phenoxy) is 2. The van der Waals surface area contributed by atoms with Crippen molar-refractivity contribution < 1.29 is 14.3 Å². The molecule has 1 heterocycles. The number of carbonyl (C=O) groups is 1. The smallest absolute Gasteiger partial charge is 0.319 e. The highest BCUT2D eigenvalue weighted by Gasteiger charge is 2.10. The van der Waals surface area contributed by atoms with Gasteiger partial charge in [0.2, 0.25) is 0 Å². The minimum Gasteiger partial charge on any atom is -0.493 e. The number of hydrogen-bond acceptors (Lipinski definition) is 4. The maximum atomic E-state index is 11.2. The summed E-state index contributed by atoms with van der Waals surface area (Å²) in [5.41, 5.74) is 2.43. The van der Waals surface area contributed by atoms with Crippen LogP contribution in [0, 0.1) is 0 Å². The number of aryl methyl sites for hydroxylation is 1. The average molecular weight is 249 g/mol. The van der Waals surface area contributed by atoms with Crippen LogP contribution in [0.5, 0.6) is 5.75 Å². The van der Waals surface area contributed by atoms with E-state index in [0.29, 0.717) is 13.2 Å². The lowest BCUT2D eigenvalue weighted by Crippen LogP contribution is -2.24. The van der Waals surface area contributed by atoms with Crippen molar-refractivity contribution in [1.82, 2.24) is 5.32 Å². The predicted molar refractivity (Wildman–Crippen MR) is 68.6 cm³/mol. The van der Waals surface area contributed by atoms with Crippen LogP contribution >= 0.6 is 0 Å². The van der Waals surface area contributed by atoms with E-state index in [1.807, 2.05) is 12.1 Å². The predicted octanol–water partition coefficient (Wildman–Crippen LogP) is 1.66. The van der Waals surface area contributed by atoms with E-state index in [2.05, 4.69) is 11.4 Å². The quantitative estimate of drug-likeness (QED) is 0.806.